The summed E-state index contributed by atoms with van der Waals surface area (Å²) in [4.78, 5) is 71.5. The van der Waals surface area contributed by atoms with Crippen LogP contribution in [0.3, 0.4) is 0 Å². The molecule has 1 aliphatic heterocycles. The molecule has 1 saturated heterocycles. The van der Waals surface area contributed by atoms with Gasteiger partial charge in [0, 0.05) is 71.6 Å². The predicted octanol–water partition coefficient (Wildman–Crippen LogP) is -1.08. The highest BCUT2D eigenvalue weighted by atomic mass is 16.5. The normalized spacial score (nSPS) is 16.5. The Bertz CT molecular complexity index is 1100. The maximum absolute atomic E-state index is 13.6. The molecule has 3 rings (SSSR count). The number of carboxylic acids is 1. The van der Waals surface area contributed by atoms with Gasteiger partial charge in [-0.1, -0.05) is 0 Å². The maximum atomic E-state index is 13.6. The van der Waals surface area contributed by atoms with Crippen molar-refractivity contribution in [3.05, 3.63) is 24.3 Å². The SMILES string of the molecule is CC(=O)O.COCCC(=O)N[C@@H](CC(=O)NC[C@@H]1CCCN(C(=N)N)C1)C(=O)N(CCNC(=O)c1cnccn1)C1CC1. The molecule has 16 nitrogen and oxygen atoms in total. The van der Waals surface area contributed by atoms with Crippen molar-refractivity contribution in [2.24, 2.45) is 11.7 Å². The largest absolute Gasteiger partial charge is 0.481 e. The number of nitrogens with zero attached hydrogens (tertiary/aromatic N) is 4. The lowest BCUT2D eigenvalue weighted by Gasteiger charge is -2.33. The summed E-state index contributed by atoms with van der Waals surface area (Å²) in [5.74, 6) is -2.19. The van der Waals surface area contributed by atoms with Crippen molar-refractivity contribution in [1.82, 2.24) is 35.7 Å². The number of guanidine groups is 1. The fourth-order valence-electron chi connectivity index (χ4n) is 4.48. The van der Waals surface area contributed by atoms with Crippen molar-refractivity contribution in [2.75, 3.05) is 46.4 Å². The van der Waals surface area contributed by atoms with Gasteiger partial charge in [0.1, 0.15) is 11.7 Å². The second-order valence-electron chi connectivity index (χ2n) is 10.3. The number of aromatic nitrogens is 2. The minimum absolute atomic E-state index is 0.00726. The number of aliphatic carboxylic acids is 1. The first kappa shape index (κ1) is 34.9. The molecule has 1 aromatic heterocycles. The third-order valence-corrected chi connectivity index (χ3v) is 6.71. The van der Waals surface area contributed by atoms with E-state index in [9.17, 15) is 19.2 Å². The average Bonchev–Trinajstić information content (AvgIpc) is 3.82. The Morgan fingerprint density at radius 3 is 2.51 bits per heavy atom. The fourth-order valence-corrected chi connectivity index (χ4v) is 4.48. The van der Waals surface area contributed by atoms with Gasteiger partial charge in [0.05, 0.1) is 19.2 Å². The van der Waals surface area contributed by atoms with E-state index in [1.165, 1.54) is 25.7 Å². The zero-order chi connectivity index (χ0) is 31.8. The Kier molecular flexibility index (Phi) is 14.8. The van der Waals surface area contributed by atoms with Crippen LogP contribution < -0.4 is 21.7 Å². The average molecular weight is 606 g/mol. The van der Waals surface area contributed by atoms with E-state index in [0.29, 0.717) is 13.1 Å². The lowest BCUT2D eigenvalue weighted by Crippen LogP contribution is -2.53. The number of carbonyl (C=O) groups excluding carboxylic acids is 4. The Labute approximate surface area is 250 Å². The van der Waals surface area contributed by atoms with Crippen LogP contribution in [0.4, 0.5) is 0 Å². The van der Waals surface area contributed by atoms with Crippen molar-refractivity contribution in [3.8, 4) is 0 Å². The fraction of sp³-hybridized carbons (Fsp3) is 0.630. The molecule has 1 aromatic rings. The summed E-state index contributed by atoms with van der Waals surface area (Å²) >= 11 is 0. The van der Waals surface area contributed by atoms with Crippen LogP contribution in [-0.2, 0) is 23.9 Å². The molecule has 0 unspecified atom stereocenters. The van der Waals surface area contributed by atoms with Gasteiger partial charge in [0.15, 0.2) is 5.96 Å². The molecule has 2 heterocycles. The number of amides is 4. The second-order valence-corrected chi connectivity index (χ2v) is 10.3. The van der Waals surface area contributed by atoms with Crippen LogP contribution in [0.2, 0.25) is 0 Å². The Hall–Kier alpha value is -4.34. The van der Waals surface area contributed by atoms with Crippen LogP contribution in [0, 0.1) is 11.3 Å². The first-order valence-electron chi connectivity index (χ1n) is 14.2. The molecule has 16 heteroatoms. The van der Waals surface area contributed by atoms with Crippen LogP contribution in [0.1, 0.15) is 55.9 Å². The second kappa shape index (κ2) is 18.3. The molecule has 0 spiro atoms. The van der Waals surface area contributed by atoms with E-state index >= 15 is 0 Å². The minimum atomic E-state index is -1.05. The minimum Gasteiger partial charge on any atom is -0.481 e. The molecule has 43 heavy (non-hydrogen) atoms. The third-order valence-electron chi connectivity index (χ3n) is 6.71. The summed E-state index contributed by atoms with van der Waals surface area (Å²) in [6, 6.07) is -1.06. The van der Waals surface area contributed by atoms with Crippen LogP contribution in [0.15, 0.2) is 18.6 Å². The molecule has 1 saturated carbocycles. The van der Waals surface area contributed by atoms with E-state index in [1.54, 1.807) is 9.80 Å². The number of ether oxygens (including phenoxy) is 1. The molecule has 0 radical (unpaired) electrons. The van der Waals surface area contributed by atoms with E-state index in [2.05, 4.69) is 25.9 Å². The zero-order valence-electron chi connectivity index (χ0n) is 24.7. The lowest BCUT2D eigenvalue weighted by atomic mass is 9.98. The lowest BCUT2D eigenvalue weighted by molar-refractivity contribution is -0.139. The van der Waals surface area contributed by atoms with Gasteiger partial charge in [-0.05, 0) is 31.6 Å². The smallest absolute Gasteiger partial charge is 0.300 e. The van der Waals surface area contributed by atoms with E-state index in [-0.39, 0.29) is 73.9 Å². The maximum Gasteiger partial charge on any atom is 0.300 e. The molecule has 4 amide bonds. The highest BCUT2D eigenvalue weighted by Gasteiger charge is 2.37. The standard InChI is InChI=1S/C25H39N9O5.C2H4O2/c1-39-12-6-21(35)32-19(13-22(36)31-14-17-3-2-10-33(16-17)25(26)27)24(38)34(18-4-5-18)11-9-30-23(37)20-15-28-7-8-29-20;1-2(3)4/h7-8,15,17-19H,2-6,9-14,16H2,1H3,(H3,26,27)(H,30,37)(H,31,36)(H,32,35);1H3,(H,3,4)/t17-,19-;/m0./s1. The van der Waals surface area contributed by atoms with Gasteiger partial charge in [-0.25, -0.2) is 4.98 Å². The van der Waals surface area contributed by atoms with Gasteiger partial charge in [0.25, 0.3) is 11.9 Å². The van der Waals surface area contributed by atoms with Crippen LogP contribution >= 0.6 is 0 Å². The van der Waals surface area contributed by atoms with Gasteiger partial charge >= 0.3 is 0 Å². The number of nitrogens with two attached hydrogens (primary N) is 1. The van der Waals surface area contributed by atoms with Crippen molar-refractivity contribution < 1.29 is 33.8 Å². The quantitative estimate of drug-likeness (QED) is 0.110. The monoisotopic (exact) mass is 605 g/mol. The topological polar surface area (TPSA) is 233 Å². The molecule has 238 valence electrons. The summed E-state index contributed by atoms with van der Waals surface area (Å²) in [5, 5.41) is 23.4. The van der Waals surface area contributed by atoms with E-state index in [4.69, 9.17) is 25.8 Å². The van der Waals surface area contributed by atoms with E-state index in [0.717, 1.165) is 39.2 Å². The Morgan fingerprint density at radius 1 is 1.19 bits per heavy atom. The molecule has 1 aliphatic carbocycles. The summed E-state index contributed by atoms with van der Waals surface area (Å²) in [6.07, 6.45) is 7.49. The molecular formula is C27H43N9O7. The highest BCUT2D eigenvalue weighted by Crippen LogP contribution is 2.27. The molecule has 7 N–H and O–H groups in total. The number of carbonyl (C=O) groups is 5. The summed E-state index contributed by atoms with van der Waals surface area (Å²) in [6.45, 7) is 3.38. The molecule has 0 aromatic carbocycles. The zero-order valence-corrected chi connectivity index (χ0v) is 24.7. The predicted molar refractivity (Wildman–Crippen MR) is 155 cm³/mol. The first-order chi connectivity index (χ1) is 20.5. The van der Waals surface area contributed by atoms with Crippen molar-refractivity contribution in [3.63, 3.8) is 0 Å². The summed E-state index contributed by atoms with van der Waals surface area (Å²) in [5.41, 5.74) is 5.78. The number of likely N-dealkylation sites (tertiary alicyclic amines) is 1. The van der Waals surface area contributed by atoms with Gasteiger partial charge in [-0.2, -0.15) is 0 Å². The number of hydrogen-bond donors (Lipinski definition) is 6. The number of rotatable bonds is 14. The van der Waals surface area contributed by atoms with Crippen LogP contribution in [0.25, 0.3) is 0 Å². The van der Waals surface area contributed by atoms with Crippen LogP contribution in [0.5, 0.6) is 0 Å². The van der Waals surface area contributed by atoms with Crippen LogP contribution in [-0.4, -0.2) is 119 Å². The number of nitrogens with one attached hydrogen (secondary N) is 4. The molecule has 2 atom stereocenters. The number of methoxy groups -OCH3 is 1. The molecular weight excluding hydrogens is 562 g/mol. The molecule has 2 aliphatic rings. The van der Waals surface area contributed by atoms with Crippen molar-refractivity contribution in [2.45, 2.75) is 57.5 Å². The number of piperidine rings is 1. The van der Waals surface area contributed by atoms with Crippen molar-refractivity contribution >= 4 is 35.6 Å². The Balaban J connectivity index is 0.00000151. The van der Waals surface area contributed by atoms with Gasteiger partial charge < -0.3 is 41.3 Å². The highest BCUT2D eigenvalue weighted by molar-refractivity contribution is 5.93. The number of hydrogen-bond acceptors (Lipinski definition) is 9. The summed E-state index contributed by atoms with van der Waals surface area (Å²) < 4.78 is 4.96. The molecule has 2 fully saturated rings. The first-order valence-corrected chi connectivity index (χ1v) is 14.2. The van der Waals surface area contributed by atoms with E-state index < -0.39 is 17.9 Å². The van der Waals surface area contributed by atoms with Crippen molar-refractivity contribution in [1.29, 1.82) is 5.41 Å². The van der Waals surface area contributed by atoms with E-state index in [1.807, 2.05) is 0 Å². The summed E-state index contributed by atoms with van der Waals surface area (Å²) in [7, 11) is 1.48. The van der Waals surface area contributed by atoms with Gasteiger partial charge in [-0.3, -0.25) is 34.4 Å². The Morgan fingerprint density at radius 2 is 1.91 bits per heavy atom. The third kappa shape index (κ3) is 13.5. The van der Waals surface area contributed by atoms with Gasteiger partial charge in [-0.15, -0.1) is 0 Å². The number of carboxylic acid groups (broad SMARTS) is 1. The van der Waals surface area contributed by atoms with Gasteiger partial charge in [0.2, 0.25) is 17.7 Å². The molecule has 0 bridgehead atoms.